The van der Waals surface area contributed by atoms with E-state index in [2.05, 4.69) is 6.92 Å². The summed E-state index contributed by atoms with van der Waals surface area (Å²) >= 11 is 0. The summed E-state index contributed by atoms with van der Waals surface area (Å²) in [7, 11) is 1.40. The molecule has 1 aliphatic rings. The third-order valence-corrected chi connectivity index (χ3v) is 2.97. The number of methoxy groups -OCH3 is 1. The Labute approximate surface area is 103 Å². The number of rotatable bonds is 5. The summed E-state index contributed by atoms with van der Waals surface area (Å²) in [6.07, 6.45) is 2.47. The van der Waals surface area contributed by atoms with Crippen LogP contribution in [0, 0.1) is 5.92 Å². The molecule has 98 valence electrons. The molecule has 1 aliphatic heterocycles. The zero-order valence-electron chi connectivity index (χ0n) is 11.1. The van der Waals surface area contributed by atoms with Gasteiger partial charge in [-0.1, -0.05) is 13.3 Å². The van der Waals surface area contributed by atoms with Gasteiger partial charge in [-0.05, 0) is 20.3 Å². The normalized spacial score (nSPS) is 24.5. The largest absolute Gasteiger partial charge is 0.469 e. The van der Waals surface area contributed by atoms with Gasteiger partial charge in [0.05, 0.1) is 12.7 Å². The topological polar surface area (TPSA) is 44.8 Å². The molecule has 0 amide bonds. The van der Waals surface area contributed by atoms with Gasteiger partial charge in [0.15, 0.2) is 6.29 Å². The second kappa shape index (κ2) is 6.64. The second-order valence-electron chi connectivity index (χ2n) is 4.19. The lowest BCUT2D eigenvalue weighted by Crippen LogP contribution is -2.30. The van der Waals surface area contributed by atoms with Crippen LogP contribution in [0.1, 0.15) is 40.0 Å². The smallest absolute Gasteiger partial charge is 0.337 e. The van der Waals surface area contributed by atoms with Crippen LogP contribution in [0.2, 0.25) is 0 Å². The van der Waals surface area contributed by atoms with Gasteiger partial charge in [-0.3, -0.25) is 0 Å². The average molecular weight is 242 g/mol. The van der Waals surface area contributed by atoms with Gasteiger partial charge in [0, 0.05) is 18.9 Å². The molecule has 0 aromatic carbocycles. The molecule has 0 saturated carbocycles. The predicted octanol–water partition coefficient (Wildman–Crippen LogP) is 2.63. The monoisotopic (exact) mass is 242 g/mol. The molecule has 4 heteroatoms. The Kier molecular flexibility index (Phi) is 5.48. The first-order valence-electron chi connectivity index (χ1n) is 6.21. The van der Waals surface area contributed by atoms with Crippen LogP contribution in [0.25, 0.3) is 0 Å². The molecule has 0 N–H and O–H groups in total. The fraction of sp³-hybridized carbons (Fsp3) is 0.769. The van der Waals surface area contributed by atoms with E-state index in [-0.39, 0.29) is 18.2 Å². The summed E-state index contributed by atoms with van der Waals surface area (Å²) in [5.41, 5.74) is 0.672. The van der Waals surface area contributed by atoms with Crippen LogP contribution in [0.3, 0.4) is 0 Å². The lowest BCUT2D eigenvalue weighted by atomic mass is 9.88. The lowest BCUT2D eigenvalue weighted by molar-refractivity contribution is -0.147. The maximum absolute atomic E-state index is 11.7. The predicted molar refractivity (Wildman–Crippen MR) is 64.2 cm³/mol. The van der Waals surface area contributed by atoms with Crippen LogP contribution in [-0.2, 0) is 19.0 Å². The molecule has 2 atom stereocenters. The highest BCUT2D eigenvalue weighted by Crippen LogP contribution is 2.33. The molecule has 0 radical (unpaired) electrons. The summed E-state index contributed by atoms with van der Waals surface area (Å²) < 4.78 is 15.9. The molecule has 0 bridgehead atoms. The molecule has 17 heavy (non-hydrogen) atoms. The summed E-state index contributed by atoms with van der Waals surface area (Å²) in [6, 6.07) is 0. The first kappa shape index (κ1) is 14.0. The summed E-state index contributed by atoms with van der Waals surface area (Å²) in [4.78, 5) is 11.7. The van der Waals surface area contributed by atoms with Gasteiger partial charge >= 0.3 is 5.97 Å². The first-order chi connectivity index (χ1) is 8.13. The zero-order chi connectivity index (χ0) is 12.8. The number of esters is 1. The lowest BCUT2D eigenvalue weighted by Gasteiger charge is -2.31. The fourth-order valence-electron chi connectivity index (χ4n) is 2.27. The van der Waals surface area contributed by atoms with Crippen LogP contribution in [-0.4, -0.2) is 26.0 Å². The van der Waals surface area contributed by atoms with Gasteiger partial charge in [0.2, 0.25) is 0 Å². The maximum Gasteiger partial charge on any atom is 0.337 e. The molecular weight excluding hydrogens is 220 g/mol. The SMILES string of the molecule is CCC[C@H]1C[C@H](OCC)OC(C)=C1C(=O)OC. The summed E-state index contributed by atoms with van der Waals surface area (Å²) in [5.74, 6) is 0.536. The van der Waals surface area contributed by atoms with Crippen molar-refractivity contribution >= 4 is 5.97 Å². The highest BCUT2D eigenvalue weighted by molar-refractivity contribution is 5.89. The number of hydrogen-bond donors (Lipinski definition) is 0. The van der Waals surface area contributed by atoms with E-state index >= 15 is 0 Å². The van der Waals surface area contributed by atoms with Gasteiger partial charge in [-0.15, -0.1) is 0 Å². The van der Waals surface area contributed by atoms with E-state index in [4.69, 9.17) is 14.2 Å². The Morgan fingerprint density at radius 3 is 2.71 bits per heavy atom. The quantitative estimate of drug-likeness (QED) is 0.695. The highest BCUT2D eigenvalue weighted by atomic mass is 16.7. The Morgan fingerprint density at radius 2 is 2.18 bits per heavy atom. The van der Waals surface area contributed by atoms with E-state index in [1.807, 2.05) is 6.92 Å². The number of ether oxygens (including phenoxy) is 3. The molecule has 4 nitrogen and oxygen atoms in total. The number of allylic oxidation sites excluding steroid dienone is 1. The van der Waals surface area contributed by atoms with Crippen molar-refractivity contribution in [3.63, 3.8) is 0 Å². The van der Waals surface area contributed by atoms with E-state index in [9.17, 15) is 4.79 Å². The molecule has 1 heterocycles. The van der Waals surface area contributed by atoms with Crippen LogP contribution < -0.4 is 0 Å². The third kappa shape index (κ3) is 3.46. The van der Waals surface area contributed by atoms with Gasteiger partial charge in [-0.25, -0.2) is 4.79 Å². The Balaban J connectivity index is 2.87. The van der Waals surface area contributed by atoms with Crippen LogP contribution in [0.5, 0.6) is 0 Å². The van der Waals surface area contributed by atoms with Crippen molar-refractivity contribution in [2.24, 2.45) is 5.92 Å². The molecule has 0 spiro atoms. The average Bonchev–Trinajstić information content (AvgIpc) is 2.29. The number of hydrogen-bond acceptors (Lipinski definition) is 4. The molecule has 0 aromatic heterocycles. The molecule has 0 aliphatic carbocycles. The van der Waals surface area contributed by atoms with Crippen molar-refractivity contribution in [2.75, 3.05) is 13.7 Å². The van der Waals surface area contributed by atoms with Gasteiger partial charge in [-0.2, -0.15) is 0 Å². The minimum Gasteiger partial charge on any atom is -0.469 e. The van der Waals surface area contributed by atoms with Gasteiger partial charge in [0.1, 0.15) is 5.76 Å². The minimum absolute atomic E-state index is 0.178. The van der Waals surface area contributed by atoms with Crippen LogP contribution in [0.15, 0.2) is 11.3 Å². The van der Waals surface area contributed by atoms with Crippen molar-refractivity contribution in [3.05, 3.63) is 11.3 Å². The van der Waals surface area contributed by atoms with Gasteiger partial charge < -0.3 is 14.2 Å². The highest BCUT2D eigenvalue weighted by Gasteiger charge is 2.33. The first-order valence-corrected chi connectivity index (χ1v) is 6.21. The van der Waals surface area contributed by atoms with Crippen molar-refractivity contribution in [2.45, 2.75) is 46.3 Å². The van der Waals surface area contributed by atoms with Crippen molar-refractivity contribution in [1.82, 2.24) is 0 Å². The maximum atomic E-state index is 11.7. The zero-order valence-corrected chi connectivity index (χ0v) is 11.1. The molecule has 0 saturated heterocycles. The van der Waals surface area contributed by atoms with E-state index in [0.29, 0.717) is 17.9 Å². The molecule has 0 aromatic rings. The van der Waals surface area contributed by atoms with Crippen LogP contribution >= 0.6 is 0 Å². The van der Waals surface area contributed by atoms with E-state index in [1.54, 1.807) is 6.92 Å². The molecule has 0 unspecified atom stereocenters. The standard InChI is InChI=1S/C13H22O4/c1-5-7-10-8-11(16-6-2)17-9(3)12(10)13(14)15-4/h10-11H,5-8H2,1-4H3/t10-,11+/m0/s1. The molecular formula is C13H22O4. The number of carbonyl (C=O) groups is 1. The van der Waals surface area contributed by atoms with E-state index in [1.165, 1.54) is 7.11 Å². The van der Waals surface area contributed by atoms with Crippen molar-refractivity contribution < 1.29 is 19.0 Å². The minimum atomic E-state index is -0.282. The summed E-state index contributed by atoms with van der Waals surface area (Å²) in [6.45, 7) is 6.47. The number of carbonyl (C=O) groups excluding carboxylic acids is 1. The van der Waals surface area contributed by atoms with Crippen LogP contribution in [0.4, 0.5) is 0 Å². The Hall–Kier alpha value is -1.03. The molecule has 0 fully saturated rings. The third-order valence-electron chi connectivity index (χ3n) is 2.97. The van der Waals surface area contributed by atoms with E-state index < -0.39 is 0 Å². The Morgan fingerprint density at radius 1 is 1.47 bits per heavy atom. The second-order valence-corrected chi connectivity index (χ2v) is 4.19. The fourth-order valence-corrected chi connectivity index (χ4v) is 2.27. The van der Waals surface area contributed by atoms with Crippen molar-refractivity contribution in [1.29, 1.82) is 0 Å². The van der Waals surface area contributed by atoms with Crippen molar-refractivity contribution in [3.8, 4) is 0 Å². The van der Waals surface area contributed by atoms with Gasteiger partial charge in [0.25, 0.3) is 0 Å². The molecule has 1 rings (SSSR count). The Bertz CT molecular complexity index is 296. The van der Waals surface area contributed by atoms with E-state index in [0.717, 1.165) is 19.3 Å². The summed E-state index contributed by atoms with van der Waals surface area (Å²) in [5, 5.41) is 0.